The molecule has 128 valence electrons. The molecule has 4 aromatic rings. The summed E-state index contributed by atoms with van der Waals surface area (Å²) in [4.78, 5) is 0. The number of rotatable bonds is 6. The Hall–Kier alpha value is -3.10. The molecule has 2 heteroatoms. The van der Waals surface area contributed by atoms with Gasteiger partial charge in [0, 0.05) is 10.9 Å². The Labute approximate surface area is 153 Å². The van der Waals surface area contributed by atoms with E-state index < -0.39 is 0 Å². The predicted molar refractivity (Wildman–Crippen MR) is 105 cm³/mol. The van der Waals surface area contributed by atoms with Crippen molar-refractivity contribution >= 4 is 10.8 Å². The molecule has 0 unspecified atom stereocenters. The number of benzene rings is 4. The minimum Gasteiger partial charge on any atom is -0.456 e. The van der Waals surface area contributed by atoms with Crippen LogP contribution < -0.4 is 4.74 Å². The summed E-state index contributed by atoms with van der Waals surface area (Å²) in [6, 6.07) is 32.6. The summed E-state index contributed by atoms with van der Waals surface area (Å²) in [5.74, 6) is 1.69. The lowest BCUT2D eigenvalue weighted by atomic mass is 10.1. The first-order valence-electron chi connectivity index (χ1n) is 8.75. The quantitative estimate of drug-likeness (QED) is 0.407. The maximum absolute atomic E-state index is 6.25. The molecule has 0 bridgehead atoms. The van der Waals surface area contributed by atoms with Crippen molar-refractivity contribution in [3.8, 4) is 11.5 Å². The first-order chi connectivity index (χ1) is 12.9. The third-order valence-electron chi connectivity index (χ3n) is 4.29. The summed E-state index contributed by atoms with van der Waals surface area (Å²) in [6.45, 7) is 1.08. The molecule has 2 nitrogen and oxygen atoms in total. The van der Waals surface area contributed by atoms with Gasteiger partial charge in [0.15, 0.2) is 0 Å². The van der Waals surface area contributed by atoms with Crippen LogP contribution in [0.15, 0.2) is 97.1 Å². The maximum Gasteiger partial charge on any atom is 0.140 e. The van der Waals surface area contributed by atoms with E-state index in [9.17, 15) is 0 Å². The first kappa shape index (κ1) is 16.4. The van der Waals surface area contributed by atoms with Crippen LogP contribution in [0.1, 0.15) is 11.1 Å². The standard InChI is InChI=1S/C24H20O2/c1-3-9-19(10-4-1)17-25-18-21-16-15-20-11-7-8-14-23(20)24(21)26-22-12-5-2-6-13-22/h1-16H,17-18H2. The van der Waals surface area contributed by atoms with Gasteiger partial charge >= 0.3 is 0 Å². The van der Waals surface area contributed by atoms with E-state index in [4.69, 9.17) is 9.47 Å². The van der Waals surface area contributed by atoms with Crippen LogP contribution in [-0.2, 0) is 18.0 Å². The van der Waals surface area contributed by atoms with Gasteiger partial charge in [0.25, 0.3) is 0 Å². The average Bonchev–Trinajstić information content (AvgIpc) is 2.71. The van der Waals surface area contributed by atoms with Crippen LogP contribution in [0.3, 0.4) is 0 Å². The molecule has 0 N–H and O–H groups in total. The Balaban J connectivity index is 1.61. The molecule has 4 rings (SSSR count). The molecular formula is C24H20O2. The zero-order chi connectivity index (χ0) is 17.6. The Morgan fingerprint density at radius 3 is 2.08 bits per heavy atom. The molecule has 0 aromatic heterocycles. The van der Waals surface area contributed by atoms with Gasteiger partial charge in [0.2, 0.25) is 0 Å². The van der Waals surface area contributed by atoms with Crippen molar-refractivity contribution < 1.29 is 9.47 Å². The molecule has 0 saturated carbocycles. The van der Waals surface area contributed by atoms with E-state index in [0.717, 1.165) is 27.8 Å². The number of ether oxygens (including phenoxy) is 2. The number of hydrogen-bond acceptors (Lipinski definition) is 2. The van der Waals surface area contributed by atoms with E-state index in [1.165, 1.54) is 5.56 Å². The summed E-state index contributed by atoms with van der Waals surface area (Å²) in [6.07, 6.45) is 0. The third kappa shape index (κ3) is 3.76. The van der Waals surface area contributed by atoms with Gasteiger partial charge in [-0.05, 0) is 23.1 Å². The second-order valence-electron chi connectivity index (χ2n) is 6.17. The van der Waals surface area contributed by atoms with Gasteiger partial charge in [-0.3, -0.25) is 0 Å². The minimum atomic E-state index is 0.502. The molecule has 0 atom stereocenters. The predicted octanol–water partition coefficient (Wildman–Crippen LogP) is 6.35. The maximum atomic E-state index is 6.25. The molecule has 0 saturated heterocycles. The summed E-state index contributed by atoms with van der Waals surface area (Å²) in [5, 5.41) is 2.25. The van der Waals surface area contributed by atoms with Gasteiger partial charge in [-0.25, -0.2) is 0 Å². The lowest BCUT2D eigenvalue weighted by Gasteiger charge is -2.15. The number of para-hydroxylation sites is 1. The molecule has 0 amide bonds. The fraction of sp³-hybridized carbons (Fsp3) is 0.0833. The van der Waals surface area contributed by atoms with E-state index >= 15 is 0 Å². The molecule has 0 radical (unpaired) electrons. The molecule has 0 spiro atoms. The van der Waals surface area contributed by atoms with Crippen LogP contribution in [0.25, 0.3) is 10.8 Å². The molecule has 4 aromatic carbocycles. The normalized spacial score (nSPS) is 10.8. The van der Waals surface area contributed by atoms with Crippen molar-refractivity contribution in [3.05, 3.63) is 108 Å². The van der Waals surface area contributed by atoms with Crippen LogP contribution in [0, 0.1) is 0 Å². The van der Waals surface area contributed by atoms with Gasteiger partial charge in [0.1, 0.15) is 11.5 Å². The molecule has 0 aliphatic rings. The summed E-state index contributed by atoms with van der Waals surface area (Å²) in [7, 11) is 0. The highest BCUT2D eigenvalue weighted by Crippen LogP contribution is 2.34. The van der Waals surface area contributed by atoms with Crippen LogP contribution in [0.2, 0.25) is 0 Å². The lowest BCUT2D eigenvalue weighted by molar-refractivity contribution is 0.106. The Morgan fingerprint density at radius 2 is 1.27 bits per heavy atom. The van der Waals surface area contributed by atoms with E-state index in [-0.39, 0.29) is 0 Å². The SMILES string of the molecule is c1ccc(COCc2ccc3ccccc3c2Oc2ccccc2)cc1. The van der Waals surface area contributed by atoms with Crippen LogP contribution in [-0.4, -0.2) is 0 Å². The van der Waals surface area contributed by atoms with Crippen LogP contribution >= 0.6 is 0 Å². The van der Waals surface area contributed by atoms with Gasteiger partial charge in [-0.2, -0.15) is 0 Å². The monoisotopic (exact) mass is 340 g/mol. The highest BCUT2D eigenvalue weighted by atomic mass is 16.5. The Kier molecular flexibility index (Phi) is 4.95. The number of hydrogen-bond donors (Lipinski definition) is 0. The lowest BCUT2D eigenvalue weighted by Crippen LogP contribution is -1.98. The van der Waals surface area contributed by atoms with Crippen molar-refractivity contribution in [2.45, 2.75) is 13.2 Å². The molecule has 0 heterocycles. The van der Waals surface area contributed by atoms with Crippen molar-refractivity contribution in [2.24, 2.45) is 0 Å². The largest absolute Gasteiger partial charge is 0.456 e. The number of fused-ring (bicyclic) bond motifs is 1. The van der Waals surface area contributed by atoms with Crippen molar-refractivity contribution in [3.63, 3.8) is 0 Å². The van der Waals surface area contributed by atoms with Gasteiger partial charge in [-0.1, -0.05) is 84.9 Å². The first-order valence-corrected chi connectivity index (χ1v) is 8.75. The van der Waals surface area contributed by atoms with Crippen molar-refractivity contribution in [1.82, 2.24) is 0 Å². The molecule has 0 aliphatic heterocycles. The van der Waals surface area contributed by atoms with Crippen molar-refractivity contribution in [2.75, 3.05) is 0 Å². The van der Waals surface area contributed by atoms with E-state index in [1.807, 2.05) is 60.7 Å². The Bertz CT molecular complexity index is 979. The van der Waals surface area contributed by atoms with E-state index in [2.05, 4.69) is 36.4 Å². The third-order valence-corrected chi connectivity index (χ3v) is 4.29. The molecule has 26 heavy (non-hydrogen) atoms. The zero-order valence-electron chi connectivity index (χ0n) is 14.5. The highest BCUT2D eigenvalue weighted by molar-refractivity contribution is 5.89. The van der Waals surface area contributed by atoms with Gasteiger partial charge < -0.3 is 9.47 Å². The second kappa shape index (κ2) is 7.85. The summed E-state index contributed by atoms with van der Waals surface area (Å²) < 4.78 is 12.2. The fourth-order valence-corrected chi connectivity index (χ4v) is 2.98. The summed E-state index contributed by atoms with van der Waals surface area (Å²) in [5.41, 5.74) is 2.21. The smallest absolute Gasteiger partial charge is 0.140 e. The van der Waals surface area contributed by atoms with Gasteiger partial charge in [0.05, 0.1) is 13.2 Å². The van der Waals surface area contributed by atoms with E-state index in [1.54, 1.807) is 0 Å². The zero-order valence-corrected chi connectivity index (χ0v) is 14.5. The van der Waals surface area contributed by atoms with E-state index in [0.29, 0.717) is 13.2 Å². The second-order valence-corrected chi connectivity index (χ2v) is 6.17. The van der Waals surface area contributed by atoms with Gasteiger partial charge in [-0.15, -0.1) is 0 Å². The Morgan fingerprint density at radius 1 is 0.577 bits per heavy atom. The van der Waals surface area contributed by atoms with Crippen LogP contribution in [0.4, 0.5) is 0 Å². The molecule has 0 aliphatic carbocycles. The fourth-order valence-electron chi connectivity index (χ4n) is 2.98. The van der Waals surface area contributed by atoms with Crippen LogP contribution in [0.5, 0.6) is 11.5 Å². The topological polar surface area (TPSA) is 18.5 Å². The average molecular weight is 340 g/mol. The van der Waals surface area contributed by atoms with Crippen molar-refractivity contribution in [1.29, 1.82) is 0 Å². The minimum absolute atomic E-state index is 0.502. The summed E-state index contributed by atoms with van der Waals surface area (Å²) >= 11 is 0. The molecule has 0 fully saturated rings. The molecular weight excluding hydrogens is 320 g/mol. The highest BCUT2D eigenvalue weighted by Gasteiger charge is 2.10.